The molecule has 0 fully saturated rings. The first-order valence-corrected chi connectivity index (χ1v) is 33.5. The zero-order chi connectivity index (χ0) is 42.5. The summed E-state index contributed by atoms with van der Waals surface area (Å²) >= 11 is -3.11. The number of carboxylic acids is 2. The summed E-state index contributed by atoms with van der Waals surface area (Å²) in [6, 6.07) is 66.1. The second kappa shape index (κ2) is 29.8. The number of carboxylic acid groups (broad SMARTS) is 2. The van der Waals surface area contributed by atoms with Gasteiger partial charge in [0.05, 0.1) is 11.9 Å². The predicted octanol–water partition coefficient (Wildman–Crippen LogP) is 9.82. The Hall–Kier alpha value is -4.40. The van der Waals surface area contributed by atoms with Crippen LogP contribution < -0.4 is 10.2 Å². The third-order valence-corrected chi connectivity index (χ3v) is 25.7. The van der Waals surface area contributed by atoms with Gasteiger partial charge in [0.25, 0.3) is 0 Å². The predicted molar refractivity (Wildman–Crippen MR) is 248 cm³/mol. The molecule has 0 aliphatic heterocycles. The molecule has 0 aromatic heterocycles. The minimum atomic E-state index is -1.56. The summed E-state index contributed by atoms with van der Waals surface area (Å²) in [4.78, 5) is 20.7. The van der Waals surface area contributed by atoms with Crippen molar-refractivity contribution in [2.75, 3.05) is 0 Å². The first-order chi connectivity index (χ1) is 29.4. The second-order valence-electron chi connectivity index (χ2n) is 15.3. The van der Waals surface area contributed by atoms with Crippen LogP contribution in [0.1, 0.15) is 85.3 Å². The molecule has 0 bridgehead atoms. The Labute approximate surface area is 373 Å². The summed E-state index contributed by atoms with van der Waals surface area (Å²) in [5.74, 6) is -2.90. The van der Waals surface area contributed by atoms with E-state index in [2.05, 4.69) is 189 Å². The molecule has 0 heterocycles. The van der Waals surface area contributed by atoms with Gasteiger partial charge in [-0.2, -0.15) is 0 Å². The van der Waals surface area contributed by atoms with Gasteiger partial charge in [-0.1, -0.05) is 39.0 Å². The Morgan fingerprint density at radius 1 is 0.400 bits per heavy atom. The van der Waals surface area contributed by atoms with E-state index in [-0.39, 0.29) is 12.0 Å². The van der Waals surface area contributed by atoms with Gasteiger partial charge in [-0.05, 0) is 24.5 Å². The molecule has 0 N–H and O–H groups in total. The average molecular weight is 1010 g/mol. The van der Waals surface area contributed by atoms with Gasteiger partial charge < -0.3 is 19.8 Å². The molecule has 0 spiro atoms. The van der Waals surface area contributed by atoms with Crippen molar-refractivity contribution in [3.8, 4) is 0 Å². The van der Waals surface area contributed by atoms with Crippen LogP contribution in [0.3, 0.4) is 0 Å². The number of hydrogen-bond donors (Lipinski definition) is 0. The molecule has 0 radical (unpaired) electrons. The normalized spacial score (nSPS) is 10.7. The van der Waals surface area contributed by atoms with Crippen molar-refractivity contribution in [1.82, 2.24) is 0 Å². The van der Waals surface area contributed by atoms with E-state index < -0.39 is 51.5 Å². The topological polar surface area (TPSA) is 80.3 Å². The van der Waals surface area contributed by atoms with Crippen molar-refractivity contribution in [3.63, 3.8) is 0 Å². The molecule has 6 aromatic rings. The minimum absolute atomic E-state index is 0.185. The van der Waals surface area contributed by atoms with E-state index >= 15 is 0 Å². The molecule has 0 unspecified atom stereocenters. The summed E-state index contributed by atoms with van der Waals surface area (Å²) in [7, 11) is 0. The van der Waals surface area contributed by atoms with Crippen molar-refractivity contribution < 1.29 is 19.8 Å². The third kappa shape index (κ3) is 21.2. The summed E-state index contributed by atoms with van der Waals surface area (Å²) in [6.07, 6.45) is 6.98. The van der Waals surface area contributed by atoms with Crippen molar-refractivity contribution in [1.29, 1.82) is 0 Å². The van der Waals surface area contributed by atoms with E-state index in [0.717, 1.165) is 25.7 Å². The zero-order valence-electron chi connectivity index (χ0n) is 35.2. The number of rotatable bonds is 21. The number of aliphatic carboxylic acids is 2. The molecule has 6 heteroatoms. The van der Waals surface area contributed by atoms with Crippen LogP contribution in [-0.2, 0) is 36.2 Å². The third-order valence-electron chi connectivity index (χ3n) is 10.1. The first-order valence-electron chi connectivity index (χ1n) is 21.4. The number of benzene rings is 6. The van der Waals surface area contributed by atoms with Crippen molar-refractivity contribution >= 4 is 51.5 Å². The van der Waals surface area contributed by atoms with Crippen LogP contribution in [0.25, 0.3) is 0 Å². The molecular weight excluding hydrogens is 950 g/mol. The molecule has 6 aromatic carbocycles. The fourth-order valence-corrected chi connectivity index (χ4v) is 23.2. The van der Waals surface area contributed by atoms with Crippen LogP contribution in [0.5, 0.6) is 0 Å². The fraction of sp³-hybridized carbons (Fsp3) is 0.259. The second-order valence-corrected chi connectivity index (χ2v) is 29.9. The van der Waals surface area contributed by atoms with Gasteiger partial charge in [-0.25, -0.2) is 0 Å². The van der Waals surface area contributed by atoms with E-state index in [9.17, 15) is 19.8 Å². The van der Waals surface area contributed by atoms with E-state index in [0.29, 0.717) is 12.5 Å². The maximum atomic E-state index is 10.5. The Kier molecular flexibility index (Phi) is 23.9. The van der Waals surface area contributed by atoms with Gasteiger partial charge in [0.1, 0.15) is 0 Å². The van der Waals surface area contributed by atoms with Crippen LogP contribution in [0.15, 0.2) is 194 Å². The molecule has 6 rings (SSSR count). The first kappa shape index (κ1) is 48.3. The molecule has 0 atom stereocenters. The Morgan fingerprint density at radius 2 is 0.650 bits per heavy atom. The SMILES string of the molecule is CCCCCCCC/C(=C/C(=O)[O-])C(=O)[O-].c1ccc([CH2][Sn+]([CH2]c2ccccc2)[CH2]c2ccccc2)cc1.c1ccc([CH2][Sn+]([CH2]c2ccccc2)[CH2]c2ccccc2)cc1. The van der Waals surface area contributed by atoms with Gasteiger partial charge >= 0.3 is 282 Å². The fourth-order valence-electron chi connectivity index (χ4n) is 7.15. The number of carbonyl (C=O) groups is 2. The van der Waals surface area contributed by atoms with Crippen LogP contribution in [0.4, 0.5) is 0 Å². The van der Waals surface area contributed by atoms with Crippen molar-refractivity contribution in [2.45, 2.75) is 78.5 Å². The van der Waals surface area contributed by atoms with Crippen molar-refractivity contribution in [2.24, 2.45) is 0 Å². The monoisotopic (exact) mass is 1010 g/mol. The molecule has 308 valence electrons. The molecular formula is C54H60O4Sn2. The van der Waals surface area contributed by atoms with Gasteiger partial charge in [-0.3, -0.25) is 0 Å². The average Bonchev–Trinajstić information content (AvgIpc) is 3.27. The molecule has 0 aliphatic rings. The van der Waals surface area contributed by atoms with Crippen LogP contribution in [0, 0.1) is 0 Å². The Balaban J connectivity index is 0.000000202. The number of hydrogen-bond acceptors (Lipinski definition) is 4. The standard InChI is InChI=1S/C12H20O4.6C7H7.2Sn/c1-2-3-4-5-6-7-8-10(12(15)16)9-11(13)14;6*1-7-5-3-2-4-6-7;;/h9H,2-8H2,1H3,(H,13,14)(H,15,16);6*2-6H,1H2;;/q;;;;;;;2*+1/p-2/b10-9-;;;;;;;;. The molecule has 4 nitrogen and oxygen atoms in total. The summed E-state index contributed by atoms with van der Waals surface area (Å²) in [5.41, 5.74) is 8.92. The molecule has 0 amide bonds. The Morgan fingerprint density at radius 3 is 0.883 bits per heavy atom. The Bertz CT molecular complexity index is 1720. The van der Waals surface area contributed by atoms with E-state index in [1.807, 2.05) is 0 Å². The van der Waals surface area contributed by atoms with Crippen LogP contribution in [-0.4, -0.2) is 51.5 Å². The summed E-state index contributed by atoms with van der Waals surface area (Å²) in [5, 5.41) is 20.7. The number of unbranched alkanes of at least 4 members (excludes halogenated alkanes) is 5. The van der Waals surface area contributed by atoms with Crippen LogP contribution >= 0.6 is 0 Å². The molecule has 0 saturated heterocycles. The van der Waals surface area contributed by atoms with Gasteiger partial charge in [0.15, 0.2) is 0 Å². The van der Waals surface area contributed by atoms with E-state index in [1.165, 1.54) is 66.4 Å². The zero-order valence-corrected chi connectivity index (χ0v) is 40.9. The molecule has 0 saturated carbocycles. The summed E-state index contributed by atoms with van der Waals surface area (Å²) in [6.45, 7) is 2.12. The van der Waals surface area contributed by atoms with E-state index in [4.69, 9.17) is 0 Å². The van der Waals surface area contributed by atoms with Gasteiger partial charge in [0.2, 0.25) is 0 Å². The summed E-state index contributed by atoms with van der Waals surface area (Å²) < 4.78 is 7.96. The molecule has 0 aliphatic carbocycles. The molecule has 60 heavy (non-hydrogen) atoms. The quantitative estimate of drug-likeness (QED) is 0.0409. The maximum absolute atomic E-state index is 10.5. The number of carbonyl (C=O) groups excluding carboxylic acids is 2. The van der Waals surface area contributed by atoms with Gasteiger partial charge in [-0.15, -0.1) is 0 Å². The van der Waals surface area contributed by atoms with E-state index in [1.54, 1.807) is 0 Å². The van der Waals surface area contributed by atoms with Crippen LogP contribution in [0.2, 0.25) is 0 Å². The van der Waals surface area contributed by atoms with Gasteiger partial charge in [0, 0.05) is 0 Å². The van der Waals surface area contributed by atoms with Crippen molar-refractivity contribution in [3.05, 3.63) is 227 Å².